The second-order valence-electron chi connectivity index (χ2n) is 6.29. The van der Waals surface area contributed by atoms with E-state index in [0.717, 1.165) is 11.1 Å². The van der Waals surface area contributed by atoms with Crippen LogP contribution >= 0.6 is 0 Å². The predicted octanol–water partition coefficient (Wildman–Crippen LogP) is 3.37. The van der Waals surface area contributed by atoms with E-state index < -0.39 is 0 Å². The van der Waals surface area contributed by atoms with E-state index in [0.29, 0.717) is 29.3 Å². The van der Waals surface area contributed by atoms with Crippen LogP contribution in [0.2, 0.25) is 0 Å². The van der Waals surface area contributed by atoms with Crippen molar-refractivity contribution in [3.8, 4) is 22.8 Å². The minimum Gasteiger partial charge on any atom is -0.493 e. The summed E-state index contributed by atoms with van der Waals surface area (Å²) in [5.74, 6) is 0.907. The second-order valence-corrected chi connectivity index (χ2v) is 6.29. The van der Waals surface area contributed by atoms with E-state index in [2.05, 4.69) is 5.10 Å². The number of fused-ring (bicyclic) bond motifs is 1. The van der Waals surface area contributed by atoms with Gasteiger partial charge in [0.2, 0.25) is 0 Å². The summed E-state index contributed by atoms with van der Waals surface area (Å²) in [6.07, 6.45) is 3.40. The fraction of sp³-hybridized carbons (Fsp3) is 0.143. The lowest BCUT2D eigenvalue weighted by molar-refractivity contribution is 0.355. The lowest BCUT2D eigenvalue weighted by atomic mass is 10.1. The quantitative estimate of drug-likeness (QED) is 0.534. The van der Waals surface area contributed by atoms with Gasteiger partial charge in [0.15, 0.2) is 11.5 Å². The minimum atomic E-state index is -0.304. The second kappa shape index (κ2) is 7.19. The Morgan fingerprint density at radius 2 is 1.71 bits per heavy atom. The highest BCUT2D eigenvalue weighted by atomic mass is 19.1. The number of hydrogen-bond acceptors (Lipinski definition) is 4. The molecule has 0 radical (unpaired) electrons. The first-order valence-corrected chi connectivity index (χ1v) is 8.64. The highest BCUT2D eigenvalue weighted by Crippen LogP contribution is 2.31. The molecule has 0 aliphatic rings. The van der Waals surface area contributed by atoms with E-state index in [9.17, 15) is 9.18 Å². The molecule has 2 aromatic heterocycles. The molecule has 2 aromatic carbocycles. The van der Waals surface area contributed by atoms with Crippen LogP contribution < -0.4 is 15.0 Å². The number of ether oxygens (including phenoxy) is 2. The van der Waals surface area contributed by atoms with Gasteiger partial charge in [-0.25, -0.2) is 8.91 Å². The van der Waals surface area contributed by atoms with E-state index in [4.69, 9.17) is 9.47 Å². The maximum atomic E-state index is 13.1. The Kier molecular flexibility index (Phi) is 4.57. The first-order valence-electron chi connectivity index (χ1n) is 8.64. The number of halogens is 1. The molecule has 142 valence electrons. The monoisotopic (exact) mass is 379 g/mol. The maximum absolute atomic E-state index is 13.1. The zero-order valence-corrected chi connectivity index (χ0v) is 15.4. The Morgan fingerprint density at radius 3 is 2.43 bits per heavy atom. The third-order valence-corrected chi connectivity index (χ3v) is 4.55. The Labute approximate surface area is 160 Å². The van der Waals surface area contributed by atoms with Crippen LogP contribution in [0, 0.1) is 5.82 Å². The van der Waals surface area contributed by atoms with Crippen molar-refractivity contribution in [2.24, 2.45) is 0 Å². The highest BCUT2D eigenvalue weighted by molar-refractivity contribution is 5.68. The molecule has 0 bridgehead atoms. The van der Waals surface area contributed by atoms with Crippen molar-refractivity contribution < 1.29 is 13.9 Å². The molecule has 0 saturated heterocycles. The summed E-state index contributed by atoms with van der Waals surface area (Å²) in [6, 6.07) is 13.3. The molecule has 0 spiro atoms. The summed E-state index contributed by atoms with van der Waals surface area (Å²) in [5, 5.41) is 4.49. The molecule has 0 aliphatic carbocycles. The van der Waals surface area contributed by atoms with E-state index >= 15 is 0 Å². The van der Waals surface area contributed by atoms with E-state index in [1.165, 1.54) is 12.1 Å². The first-order chi connectivity index (χ1) is 13.6. The van der Waals surface area contributed by atoms with Crippen molar-refractivity contribution >= 4 is 5.52 Å². The molecule has 2 heterocycles. The molecule has 0 fully saturated rings. The van der Waals surface area contributed by atoms with Crippen molar-refractivity contribution in [1.29, 1.82) is 0 Å². The van der Waals surface area contributed by atoms with Crippen molar-refractivity contribution in [2.75, 3.05) is 14.2 Å². The largest absolute Gasteiger partial charge is 0.493 e. The SMILES string of the molecule is COc1ccc(-c2cc3c(=O)n(Cc4ccc(F)cc4)ccn3n2)cc1OC. The Hall–Kier alpha value is -3.61. The van der Waals surface area contributed by atoms with Crippen molar-refractivity contribution in [3.05, 3.63) is 82.7 Å². The number of hydrogen-bond donors (Lipinski definition) is 0. The average molecular weight is 379 g/mol. The molecule has 28 heavy (non-hydrogen) atoms. The average Bonchev–Trinajstić information content (AvgIpc) is 3.16. The van der Waals surface area contributed by atoms with Gasteiger partial charge < -0.3 is 14.0 Å². The molecule has 0 unspecified atom stereocenters. The van der Waals surface area contributed by atoms with Gasteiger partial charge in [0.25, 0.3) is 5.56 Å². The molecule has 0 aliphatic heterocycles. The zero-order chi connectivity index (χ0) is 19.7. The molecule has 4 aromatic rings. The summed E-state index contributed by atoms with van der Waals surface area (Å²) in [6.45, 7) is 0.354. The van der Waals surface area contributed by atoms with Crippen LogP contribution in [0.1, 0.15) is 5.56 Å². The highest BCUT2D eigenvalue weighted by Gasteiger charge is 2.12. The summed E-state index contributed by atoms with van der Waals surface area (Å²) < 4.78 is 26.8. The van der Waals surface area contributed by atoms with E-state index in [-0.39, 0.29) is 11.4 Å². The lowest BCUT2D eigenvalue weighted by Gasteiger charge is -2.08. The molecule has 0 saturated carbocycles. The molecule has 6 nitrogen and oxygen atoms in total. The molecule has 0 N–H and O–H groups in total. The van der Waals surface area contributed by atoms with Crippen molar-refractivity contribution in [2.45, 2.75) is 6.54 Å². The van der Waals surface area contributed by atoms with Gasteiger partial charge in [-0.3, -0.25) is 4.79 Å². The Bertz CT molecular complexity index is 1200. The minimum absolute atomic E-state index is 0.175. The molecule has 4 rings (SSSR count). The van der Waals surface area contributed by atoms with Gasteiger partial charge >= 0.3 is 0 Å². The van der Waals surface area contributed by atoms with Crippen LogP contribution in [0.3, 0.4) is 0 Å². The fourth-order valence-corrected chi connectivity index (χ4v) is 3.07. The van der Waals surface area contributed by atoms with Crippen LogP contribution in [0.4, 0.5) is 4.39 Å². The Morgan fingerprint density at radius 1 is 0.964 bits per heavy atom. The molecular weight excluding hydrogens is 361 g/mol. The van der Waals surface area contributed by atoms with Crippen LogP contribution in [0.25, 0.3) is 16.8 Å². The number of nitrogens with zero attached hydrogens (tertiary/aromatic N) is 3. The van der Waals surface area contributed by atoms with E-state index in [1.54, 1.807) is 60.0 Å². The summed E-state index contributed by atoms with van der Waals surface area (Å²) >= 11 is 0. The molecule has 0 amide bonds. The smallest absolute Gasteiger partial charge is 0.276 e. The Balaban J connectivity index is 1.72. The van der Waals surface area contributed by atoms with Crippen LogP contribution in [-0.4, -0.2) is 28.4 Å². The summed E-state index contributed by atoms with van der Waals surface area (Å²) in [7, 11) is 3.14. The van der Waals surface area contributed by atoms with Gasteiger partial charge in [-0.15, -0.1) is 0 Å². The van der Waals surface area contributed by atoms with Crippen LogP contribution in [0.5, 0.6) is 11.5 Å². The topological polar surface area (TPSA) is 57.8 Å². The molecule has 0 atom stereocenters. The van der Waals surface area contributed by atoms with E-state index in [1.807, 2.05) is 12.1 Å². The predicted molar refractivity (Wildman–Crippen MR) is 103 cm³/mol. The van der Waals surface area contributed by atoms with Gasteiger partial charge in [-0.05, 0) is 42.0 Å². The first kappa shape index (κ1) is 17.8. The molecule has 7 heteroatoms. The number of methoxy groups -OCH3 is 2. The van der Waals surface area contributed by atoms with Gasteiger partial charge in [-0.1, -0.05) is 12.1 Å². The maximum Gasteiger partial charge on any atom is 0.276 e. The van der Waals surface area contributed by atoms with Crippen LogP contribution in [-0.2, 0) is 6.54 Å². The van der Waals surface area contributed by atoms with Crippen LogP contribution in [0.15, 0.2) is 65.7 Å². The summed E-state index contributed by atoms with van der Waals surface area (Å²) in [5.41, 5.74) is 2.58. The third kappa shape index (κ3) is 3.22. The fourth-order valence-electron chi connectivity index (χ4n) is 3.07. The number of benzene rings is 2. The third-order valence-electron chi connectivity index (χ3n) is 4.55. The lowest BCUT2D eigenvalue weighted by Crippen LogP contribution is -2.21. The standard InChI is InChI=1S/C21H18FN3O3/c1-27-19-8-5-15(11-20(19)28-2)17-12-18-21(26)24(9-10-25(18)23-17)13-14-3-6-16(22)7-4-14/h3-12H,13H2,1-2H3. The number of aromatic nitrogens is 3. The van der Waals surface area contributed by atoms with Gasteiger partial charge in [-0.2, -0.15) is 5.10 Å². The van der Waals surface area contributed by atoms with Crippen molar-refractivity contribution in [3.63, 3.8) is 0 Å². The zero-order valence-electron chi connectivity index (χ0n) is 15.4. The normalized spacial score (nSPS) is 11.0. The number of rotatable bonds is 5. The van der Waals surface area contributed by atoms with Gasteiger partial charge in [0.05, 0.1) is 26.5 Å². The molecular formula is C21H18FN3O3. The van der Waals surface area contributed by atoms with Gasteiger partial charge in [0.1, 0.15) is 11.3 Å². The van der Waals surface area contributed by atoms with Gasteiger partial charge in [0, 0.05) is 18.0 Å². The van der Waals surface area contributed by atoms with Crippen molar-refractivity contribution in [1.82, 2.24) is 14.2 Å². The summed E-state index contributed by atoms with van der Waals surface area (Å²) in [4.78, 5) is 12.9.